The Morgan fingerprint density at radius 2 is 1.91 bits per heavy atom. The number of aryl methyl sites for hydroxylation is 1. The van der Waals surface area contributed by atoms with Crippen molar-refractivity contribution in [3.63, 3.8) is 0 Å². The molecule has 0 atom stereocenters. The quantitative estimate of drug-likeness (QED) is 0.814. The normalized spacial score (nSPS) is 11.0. The third-order valence-electron chi connectivity index (χ3n) is 3.67. The molecule has 1 aromatic heterocycles. The first-order valence-corrected chi connectivity index (χ1v) is 8.15. The highest BCUT2D eigenvalue weighted by atomic mass is 16.3. The molecule has 1 N–H and O–H groups in total. The molecular formula is C19H26N2O2. The van der Waals surface area contributed by atoms with E-state index in [2.05, 4.69) is 17.4 Å². The molecule has 4 nitrogen and oxygen atoms in total. The maximum Gasteiger partial charge on any atom is 0.236 e. The number of nitrogens with zero attached hydrogens (tertiary/aromatic N) is 1. The minimum absolute atomic E-state index is 0.101. The van der Waals surface area contributed by atoms with Gasteiger partial charge in [0.05, 0.1) is 13.1 Å². The molecule has 2 aromatic rings. The summed E-state index contributed by atoms with van der Waals surface area (Å²) in [6, 6.07) is 14.4. The number of furan rings is 1. The van der Waals surface area contributed by atoms with Gasteiger partial charge in [0.25, 0.3) is 0 Å². The van der Waals surface area contributed by atoms with Gasteiger partial charge in [-0.1, -0.05) is 44.2 Å². The van der Waals surface area contributed by atoms with Crippen molar-refractivity contribution in [3.05, 3.63) is 59.5 Å². The van der Waals surface area contributed by atoms with Crippen LogP contribution in [-0.2, 0) is 17.8 Å². The van der Waals surface area contributed by atoms with E-state index in [9.17, 15) is 4.79 Å². The molecular weight excluding hydrogens is 288 g/mol. The van der Waals surface area contributed by atoms with E-state index in [0.29, 0.717) is 25.7 Å². The minimum atomic E-state index is 0.101. The van der Waals surface area contributed by atoms with Gasteiger partial charge in [-0.15, -0.1) is 0 Å². The van der Waals surface area contributed by atoms with Crippen LogP contribution < -0.4 is 5.32 Å². The maximum atomic E-state index is 12.5. The summed E-state index contributed by atoms with van der Waals surface area (Å²) < 4.78 is 5.63. The van der Waals surface area contributed by atoms with Gasteiger partial charge in [-0.3, -0.25) is 4.79 Å². The van der Waals surface area contributed by atoms with Gasteiger partial charge in [0.1, 0.15) is 11.5 Å². The molecule has 0 fully saturated rings. The summed E-state index contributed by atoms with van der Waals surface area (Å²) in [4.78, 5) is 14.4. The zero-order valence-corrected chi connectivity index (χ0v) is 14.2. The summed E-state index contributed by atoms with van der Waals surface area (Å²) in [5.41, 5.74) is 1.23. The van der Waals surface area contributed by atoms with Gasteiger partial charge < -0.3 is 14.6 Å². The van der Waals surface area contributed by atoms with Crippen LogP contribution >= 0.6 is 0 Å². The lowest BCUT2D eigenvalue weighted by molar-refractivity contribution is -0.131. The smallest absolute Gasteiger partial charge is 0.236 e. The number of amides is 1. The Labute approximate surface area is 138 Å². The van der Waals surface area contributed by atoms with E-state index in [1.807, 2.05) is 56.0 Å². The Hall–Kier alpha value is -2.07. The summed E-state index contributed by atoms with van der Waals surface area (Å²) in [5.74, 6) is 1.80. The van der Waals surface area contributed by atoms with Crippen molar-refractivity contribution in [2.24, 2.45) is 0 Å². The fraction of sp³-hybridized carbons (Fsp3) is 0.421. The van der Waals surface area contributed by atoms with E-state index in [1.165, 1.54) is 5.56 Å². The van der Waals surface area contributed by atoms with E-state index in [1.54, 1.807) is 0 Å². The highest BCUT2D eigenvalue weighted by Gasteiger charge is 2.15. The lowest BCUT2D eigenvalue weighted by Crippen LogP contribution is -2.40. The molecule has 4 heteroatoms. The van der Waals surface area contributed by atoms with Crippen molar-refractivity contribution >= 4 is 5.91 Å². The van der Waals surface area contributed by atoms with E-state index in [0.717, 1.165) is 17.9 Å². The van der Waals surface area contributed by atoms with Gasteiger partial charge in [0.15, 0.2) is 0 Å². The van der Waals surface area contributed by atoms with Crippen LogP contribution in [0.3, 0.4) is 0 Å². The number of benzene rings is 1. The molecule has 1 aromatic carbocycles. The van der Waals surface area contributed by atoms with Crippen LogP contribution in [0.2, 0.25) is 0 Å². The zero-order chi connectivity index (χ0) is 16.7. The molecule has 0 saturated carbocycles. The van der Waals surface area contributed by atoms with Gasteiger partial charge in [0, 0.05) is 12.6 Å². The second kappa shape index (κ2) is 8.53. The number of carbonyl (C=O) groups is 1. The maximum absolute atomic E-state index is 12.5. The standard InChI is InChI=1S/C19H26N2O2/c1-15(2)20-13-19(22)21(14-18-10-9-16(3)23-18)12-11-17-7-5-4-6-8-17/h4-10,15,20H,11-14H2,1-3H3. The summed E-state index contributed by atoms with van der Waals surface area (Å²) in [6.07, 6.45) is 0.841. The molecule has 0 radical (unpaired) electrons. The fourth-order valence-corrected chi connectivity index (χ4v) is 2.36. The lowest BCUT2D eigenvalue weighted by atomic mass is 10.1. The highest BCUT2D eigenvalue weighted by Crippen LogP contribution is 2.11. The summed E-state index contributed by atoms with van der Waals surface area (Å²) in [5, 5.41) is 3.19. The first-order chi connectivity index (χ1) is 11.0. The Bertz CT molecular complexity index is 605. The van der Waals surface area contributed by atoms with Crippen LogP contribution in [0, 0.1) is 6.92 Å². The van der Waals surface area contributed by atoms with Gasteiger partial charge in [-0.05, 0) is 31.0 Å². The Kier molecular flexibility index (Phi) is 6.41. The van der Waals surface area contributed by atoms with Crippen LogP contribution in [0.1, 0.15) is 30.9 Å². The molecule has 0 aliphatic rings. The molecule has 124 valence electrons. The predicted molar refractivity (Wildman–Crippen MR) is 92.1 cm³/mol. The van der Waals surface area contributed by atoms with Crippen molar-refractivity contribution in [2.75, 3.05) is 13.1 Å². The van der Waals surface area contributed by atoms with Crippen molar-refractivity contribution in [1.29, 1.82) is 0 Å². The predicted octanol–water partition coefficient (Wildman–Crippen LogP) is 3.16. The molecule has 1 heterocycles. The molecule has 0 aliphatic carbocycles. The van der Waals surface area contributed by atoms with Crippen LogP contribution in [0.25, 0.3) is 0 Å². The minimum Gasteiger partial charge on any atom is -0.464 e. The largest absolute Gasteiger partial charge is 0.464 e. The average Bonchev–Trinajstić information content (AvgIpc) is 2.95. The summed E-state index contributed by atoms with van der Waals surface area (Å²) >= 11 is 0. The fourth-order valence-electron chi connectivity index (χ4n) is 2.36. The zero-order valence-electron chi connectivity index (χ0n) is 14.2. The van der Waals surface area contributed by atoms with Gasteiger partial charge in [0.2, 0.25) is 5.91 Å². The second-order valence-electron chi connectivity index (χ2n) is 6.10. The molecule has 0 bridgehead atoms. The van der Waals surface area contributed by atoms with E-state index in [-0.39, 0.29) is 5.91 Å². The number of hydrogen-bond acceptors (Lipinski definition) is 3. The summed E-state index contributed by atoms with van der Waals surface area (Å²) in [6.45, 7) is 7.54. The van der Waals surface area contributed by atoms with Gasteiger partial charge >= 0.3 is 0 Å². The molecule has 1 amide bonds. The third kappa shape index (κ3) is 5.91. The number of nitrogens with one attached hydrogen (secondary N) is 1. The Morgan fingerprint density at radius 3 is 2.52 bits per heavy atom. The number of rotatable bonds is 8. The van der Waals surface area contributed by atoms with Crippen molar-refractivity contribution in [2.45, 2.75) is 39.8 Å². The molecule has 23 heavy (non-hydrogen) atoms. The van der Waals surface area contributed by atoms with E-state index in [4.69, 9.17) is 4.42 Å². The molecule has 0 spiro atoms. The molecule has 2 rings (SSSR count). The van der Waals surface area contributed by atoms with Gasteiger partial charge in [-0.25, -0.2) is 0 Å². The molecule has 0 unspecified atom stereocenters. The number of carbonyl (C=O) groups excluding carboxylic acids is 1. The van der Waals surface area contributed by atoms with Crippen LogP contribution in [0.4, 0.5) is 0 Å². The van der Waals surface area contributed by atoms with Crippen LogP contribution in [0.5, 0.6) is 0 Å². The van der Waals surface area contributed by atoms with Crippen molar-refractivity contribution < 1.29 is 9.21 Å². The van der Waals surface area contributed by atoms with Crippen molar-refractivity contribution in [1.82, 2.24) is 10.2 Å². The third-order valence-corrected chi connectivity index (χ3v) is 3.67. The monoisotopic (exact) mass is 314 g/mol. The lowest BCUT2D eigenvalue weighted by Gasteiger charge is -2.22. The Morgan fingerprint density at radius 1 is 1.17 bits per heavy atom. The number of hydrogen-bond donors (Lipinski definition) is 1. The molecule has 0 saturated heterocycles. The topological polar surface area (TPSA) is 45.5 Å². The summed E-state index contributed by atoms with van der Waals surface area (Å²) in [7, 11) is 0. The van der Waals surface area contributed by atoms with E-state index < -0.39 is 0 Å². The average molecular weight is 314 g/mol. The van der Waals surface area contributed by atoms with Crippen LogP contribution in [-0.4, -0.2) is 29.9 Å². The SMILES string of the molecule is Cc1ccc(CN(CCc2ccccc2)C(=O)CNC(C)C)o1. The second-order valence-corrected chi connectivity index (χ2v) is 6.10. The molecule has 0 aliphatic heterocycles. The Balaban J connectivity index is 1.99. The van der Waals surface area contributed by atoms with Gasteiger partial charge in [-0.2, -0.15) is 0 Å². The van der Waals surface area contributed by atoms with Crippen LogP contribution in [0.15, 0.2) is 46.9 Å². The first kappa shape index (κ1) is 17.3. The highest BCUT2D eigenvalue weighted by molar-refractivity contribution is 5.78. The first-order valence-electron chi connectivity index (χ1n) is 8.15. The van der Waals surface area contributed by atoms with Crippen molar-refractivity contribution in [3.8, 4) is 0 Å². The van der Waals surface area contributed by atoms with E-state index >= 15 is 0 Å².